The number of para-hydroxylation sites is 1. The van der Waals surface area contributed by atoms with Gasteiger partial charge in [0.15, 0.2) is 0 Å². The van der Waals surface area contributed by atoms with E-state index in [4.69, 9.17) is 15.2 Å². The second kappa shape index (κ2) is 12.7. The van der Waals surface area contributed by atoms with E-state index in [0.717, 1.165) is 16.0 Å². The zero-order valence-electron chi connectivity index (χ0n) is 22.2. The van der Waals surface area contributed by atoms with Gasteiger partial charge in [-0.3, -0.25) is 4.79 Å². The Bertz CT molecular complexity index is 1470. The van der Waals surface area contributed by atoms with Crippen molar-refractivity contribution in [3.63, 3.8) is 0 Å². The van der Waals surface area contributed by atoms with Crippen LogP contribution in [0.4, 0.5) is 0 Å². The molecular formula is C30H31N3O6S. The number of aromatic carboxylic acids is 1. The number of aliphatic hydroxyl groups excluding tert-OH is 1. The van der Waals surface area contributed by atoms with Gasteiger partial charge in [-0.2, -0.15) is 0 Å². The van der Waals surface area contributed by atoms with Crippen LogP contribution in [0.1, 0.15) is 39.4 Å². The molecule has 2 aromatic heterocycles. The van der Waals surface area contributed by atoms with Crippen LogP contribution in [0.5, 0.6) is 17.4 Å². The lowest BCUT2D eigenvalue weighted by molar-refractivity contribution is 0.0702. The molecule has 2 heterocycles. The molecule has 40 heavy (non-hydrogen) atoms. The summed E-state index contributed by atoms with van der Waals surface area (Å²) in [4.78, 5) is 28.0. The Labute approximate surface area is 236 Å². The Balaban J connectivity index is 1.29. The number of carbonyl (C=O) groups is 2. The molecule has 0 fully saturated rings. The van der Waals surface area contributed by atoms with Gasteiger partial charge in [0.25, 0.3) is 5.91 Å². The summed E-state index contributed by atoms with van der Waals surface area (Å²) in [6.07, 6.45) is 1.45. The fourth-order valence-corrected chi connectivity index (χ4v) is 4.93. The van der Waals surface area contributed by atoms with E-state index in [0.29, 0.717) is 24.5 Å². The predicted octanol–water partition coefficient (Wildman–Crippen LogP) is 4.75. The van der Waals surface area contributed by atoms with Gasteiger partial charge in [0, 0.05) is 28.7 Å². The number of β-amino-alcohol motifs (C(OH)–C–C–N with tert-alkyl or cyclic N) is 1. The number of carboxylic acid groups (broad SMARTS) is 1. The molecule has 0 aliphatic heterocycles. The zero-order valence-corrected chi connectivity index (χ0v) is 23.0. The van der Waals surface area contributed by atoms with Gasteiger partial charge in [0.2, 0.25) is 5.88 Å². The Hall–Kier alpha value is -4.25. The number of thiophene rings is 1. The average molecular weight is 562 g/mol. The van der Waals surface area contributed by atoms with E-state index in [9.17, 15) is 19.8 Å². The predicted molar refractivity (Wildman–Crippen MR) is 153 cm³/mol. The third kappa shape index (κ3) is 7.66. The van der Waals surface area contributed by atoms with Crippen LogP contribution in [0, 0.1) is 0 Å². The van der Waals surface area contributed by atoms with Crippen molar-refractivity contribution in [2.45, 2.75) is 31.9 Å². The smallest absolute Gasteiger partial charge is 0.345 e. The van der Waals surface area contributed by atoms with Gasteiger partial charge in [-0.25, -0.2) is 9.78 Å². The summed E-state index contributed by atoms with van der Waals surface area (Å²) < 4.78 is 11.7. The Kier molecular flexibility index (Phi) is 9.15. The molecule has 10 heteroatoms. The van der Waals surface area contributed by atoms with Gasteiger partial charge in [-0.05, 0) is 74.4 Å². The molecule has 4 rings (SSSR count). The molecule has 0 aliphatic rings. The number of ether oxygens (including phenoxy) is 2. The highest BCUT2D eigenvalue weighted by molar-refractivity contribution is 7.17. The van der Waals surface area contributed by atoms with Crippen molar-refractivity contribution in [1.82, 2.24) is 10.3 Å². The molecule has 208 valence electrons. The first-order valence-corrected chi connectivity index (χ1v) is 13.4. The topological polar surface area (TPSA) is 144 Å². The van der Waals surface area contributed by atoms with E-state index in [1.807, 2.05) is 44.2 Å². The van der Waals surface area contributed by atoms with Crippen molar-refractivity contribution in [2.24, 2.45) is 5.73 Å². The number of carboxylic acids is 1. The maximum Gasteiger partial charge on any atom is 0.345 e. The number of nitrogens with zero attached hydrogens (tertiary/aromatic N) is 1. The van der Waals surface area contributed by atoms with Gasteiger partial charge in [-0.15, -0.1) is 11.3 Å². The number of nitrogens with two attached hydrogens (primary N) is 1. The van der Waals surface area contributed by atoms with Crippen molar-refractivity contribution in [3.8, 4) is 27.8 Å². The largest absolute Gasteiger partial charge is 0.490 e. The van der Waals surface area contributed by atoms with Crippen molar-refractivity contribution in [3.05, 3.63) is 95.0 Å². The maximum absolute atomic E-state index is 11.6. The van der Waals surface area contributed by atoms with Crippen LogP contribution < -0.4 is 20.5 Å². The van der Waals surface area contributed by atoms with Crippen LogP contribution in [-0.2, 0) is 6.42 Å². The highest BCUT2D eigenvalue weighted by atomic mass is 32.1. The number of primary amides is 1. The van der Waals surface area contributed by atoms with Crippen LogP contribution in [0.2, 0.25) is 0 Å². The molecule has 0 aliphatic carbocycles. The standard InChI is InChI=1S/C30H31N3O6S/c1-30(2,16-19-9-11-21(12-10-19)39-28-23(27(31)35)7-5-15-32-28)33-17-20(34)18-38-24-8-4-3-6-22(24)25-13-14-26(40-25)29(36)37/h3-15,20,33-34H,16-18H2,1-2H3,(H2,31,35)(H,36,37)/t20-/m0/s1. The van der Waals surface area contributed by atoms with E-state index in [-0.39, 0.29) is 28.5 Å². The number of aromatic nitrogens is 1. The lowest BCUT2D eigenvalue weighted by atomic mass is 9.94. The quantitative estimate of drug-likeness (QED) is 0.183. The number of carbonyl (C=O) groups excluding carboxylic acids is 1. The van der Waals surface area contributed by atoms with Crippen molar-refractivity contribution >= 4 is 23.2 Å². The lowest BCUT2D eigenvalue weighted by Crippen LogP contribution is -2.46. The summed E-state index contributed by atoms with van der Waals surface area (Å²) in [6, 6.07) is 21.3. The monoisotopic (exact) mass is 561 g/mol. The summed E-state index contributed by atoms with van der Waals surface area (Å²) in [7, 11) is 0. The molecule has 0 bridgehead atoms. The Morgan fingerprint density at radius 1 is 1.05 bits per heavy atom. The summed E-state index contributed by atoms with van der Waals surface area (Å²) >= 11 is 1.18. The molecule has 2 aromatic carbocycles. The molecular weight excluding hydrogens is 530 g/mol. The van der Waals surface area contributed by atoms with E-state index in [2.05, 4.69) is 10.3 Å². The SMILES string of the molecule is CC(C)(Cc1ccc(Oc2ncccc2C(N)=O)cc1)NC[C@H](O)COc1ccccc1-c1ccc(C(=O)O)s1. The second-order valence-electron chi connectivity index (χ2n) is 9.84. The van der Waals surface area contributed by atoms with Crippen LogP contribution in [0.25, 0.3) is 10.4 Å². The highest BCUT2D eigenvalue weighted by Crippen LogP contribution is 2.35. The van der Waals surface area contributed by atoms with Crippen molar-refractivity contribution in [1.29, 1.82) is 0 Å². The van der Waals surface area contributed by atoms with Crippen LogP contribution in [-0.4, -0.2) is 51.9 Å². The third-order valence-electron chi connectivity index (χ3n) is 6.04. The molecule has 9 nitrogen and oxygen atoms in total. The minimum absolute atomic E-state index is 0.0735. The normalized spacial score (nSPS) is 12.1. The van der Waals surface area contributed by atoms with Crippen LogP contribution in [0.3, 0.4) is 0 Å². The first-order valence-electron chi connectivity index (χ1n) is 12.6. The third-order valence-corrected chi connectivity index (χ3v) is 7.14. The second-order valence-corrected chi connectivity index (χ2v) is 10.9. The molecule has 0 spiro atoms. The lowest BCUT2D eigenvalue weighted by Gasteiger charge is -2.28. The fraction of sp³-hybridized carbons (Fsp3) is 0.233. The van der Waals surface area contributed by atoms with Crippen LogP contribution in [0.15, 0.2) is 79.0 Å². The summed E-state index contributed by atoms with van der Waals surface area (Å²) in [6.45, 7) is 4.48. The number of pyridine rings is 1. The van der Waals surface area contributed by atoms with E-state index >= 15 is 0 Å². The molecule has 0 saturated heterocycles. The molecule has 0 radical (unpaired) electrons. The number of hydrogen-bond donors (Lipinski definition) is 4. The van der Waals surface area contributed by atoms with Gasteiger partial charge in [0.05, 0.1) is 0 Å². The van der Waals surface area contributed by atoms with Crippen molar-refractivity contribution < 1.29 is 29.3 Å². The number of hydrogen-bond acceptors (Lipinski definition) is 8. The summed E-state index contributed by atoms with van der Waals surface area (Å²) in [5, 5.41) is 23.2. The maximum atomic E-state index is 11.6. The zero-order chi connectivity index (χ0) is 28.7. The van der Waals surface area contributed by atoms with Gasteiger partial charge < -0.3 is 30.7 Å². The molecule has 1 amide bonds. The molecule has 0 unspecified atom stereocenters. The van der Waals surface area contributed by atoms with Gasteiger partial charge in [-0.1, -0.05) is 24.3 Å². The molecule has 1 atom stereocenters. The first-order chi connectivity index (χ1) is 19.1. The molecule has 5 N–H and O–H groups in total. The first kappa shape index (κ1) is 28.8. The van der Waals surface area contributed by atoms with Crippen molar-refractivity contribution in [2.75, 3.05) is 13.2 Å². The molecule has 4 aromatic rings. The Morgan fingerprint density at radius 2 is 1.80 bits per heavy atom. The fourth-order valence-electron chi connectivity index (χ4n) is 4.05. The number of benzene rings is 2. The minimum Gasteiger partial charge on any atom is -0.490 e. The van der Waals surface area contributed by atoms with Crippen LogP contribution >= 0.6 is 11.3 Å². The molecule has 0 saturated carbocycles. The number of amides is 1. The number of nitrogens with one attached hydrogen (secondary N) is 1. The highest BCUT2D eigenvalue weighted by Gasteiger charge is 2.20. The minimum atomic E-state index is -0.966. The average Bonchev–Trinajstić information content (AvgIpc) is 3.43. The van der Waals surface area contributed by atoms with Gasteiger partial charge >= 0.3 is 5.97 Å². The summed E-state index contributed by atoms with van der Waals surface area (Å²) in [5.41, 5.74) is 7.11. The summed E-state index contributed by atoms with van der Waals surface area (Å²) in [5.74, 6) is -0.308. The number of aliphatic hydroxyl groups is 1. The van der Waals surface area contributed by atoms with E-state index in [1.165, 1.54) is 17.5 Å². The Morgan fingerprint density at radius 3 is 2.50 bits per heavy atom. The van der Waals surface area contributed by atoms with E-state index in [1.54, 1.807) is 42.5 Å². The number of rotatable bonds is 13. The van der Waals surface area contributed by atoms with Gasteiger partial charge in [0.1, 0.15) is 34.7 Å². The van der Waals surface area contributed by atoms with E-state index < -0.39 is 18.0 Å².